The van der Waals surface area contributed by atoms with Gasteiger partial charge in [-0.15, -0.1) is 0 Å². The first-order valence-electron chi connectivity index (χ1n) is 9.87. The minimum atomic E-state index is -1.26. The van der Waals surface area contributed by atoms with Crippen LogP contribution in [0.4, 0.5) is 5.69 Å². The molecule has 2 unspecified atom stereocenters. The third kappa shape index (κ3) is 10.8. The number of phenols is 1. The van der Waals surface area contributed by atoms with Crippen molar-refractivity contribution in [2.75, 3.05) is 19.0 Å². The van der Waals surface area contributed by atoms with Crippen LogP contribution in [0.1, 0.15) is 24.2 Å². The molecular weight excluding hydrogens is 432 g/mol. The number of carboxylic acids is 2. The number of hydrogen-bond donors (Lipinski definition) is 6. The molecule has 10 nitrogen and oxygen atoms in total. The first-order valence-corrected chi connectivity index (χ1v) is 9.87. The Labute approximate surface area is 191 Å². The summed E-state index contributed by atoms with van der Waals surface area (Å²) >= 11 is 0. The fraction of sp³-hybridized carbons (Fsp3) is 0.261. The zero-order valence-electron chi connectivity index (χ0n) is 18.3. The van der Waals surface area contributed by atoms with Crippen molar-refractivity contribution < 1.29 is 39.5 Å². The molecule has 0 heterocycles. The Bertz CT molecular complexity index is 928. The quantitative estimate of drug-likeness (QED) is 0.167. The maximum atomic E-state index is 10.5. The van der Waals surface area contributed by atoms with E-state index in [1.54, 1.807) is 19.2 Å². The van der Waals surface area contributed by atoms with E-state index in [1.165, 1.54) is 11.6 Å². The number of hydrogen-bond acceptors (Lipinski definition) is 7. The van der Waals surface area contributed by atoms with Gasteiger partial charge in [0.2, 0.25) is 6.41 Å². The molecule has 0 aliphatic heterocycles. The van der Waals surface area contributed by atoms with Crippen molar-refractivity contribution in [3.63, 3.8) is 0 Å². The van der Waals surface area contributed by atoms with Gasteiger partial charge in [0.05, 0.1) is 18.9 Å². The summed E-state index contributed by atoms with van der Waals surface area (Å²) in [6.07, 6.45) is 1.68. The molecule has 0 aliphatic carbocycles. The lowest BCUT2D eigenvalue weighted by molar-refractivity contribution is -0.134. The number of carbonyl (C=O) groups excluding carboxylic acids is 1. The van der Waals surface area contributed by atoms with Crippen molar-refractivity contribution in [2.45, 2.75) is 25.5 Å². The number of aliphatic hydroxyl groups excluding tert-OH is 1. The van der Waals surface area contributed by atoms with E-state index in [2.05, 4.69) is 10.6 Å². The van der Waals surface area contributed by atoms with Crippen LogP contribution in [0.15, 0.2) is 54.6 Å². The lowest BCUT2D eigenvalue weighted by Gasteiger charge is -2.18. The van der Waals surface area contributed by atoms with Crippen LogP contribution in [0.5, 0.6) is 11.5 Å². The molecule has 178 valence electrons. The minimum absolute atomic E-state index is 0.0381. The summed E-state index contributed by atoms with van der Waals surface area (Å²) in [4.78, 5) is 29.6. The van der Waals surface area contributed by atoms with Crippen molar-refractivity contribution in [1.82, 2.24) is 5.32 Å². The van der Waals surface area contributed by atoms with Crippen LogP contribution < -0.4 is 15.4 Å². The average Bonchev–Trinajstić information content (AvgIpc) is 2.78. The highest BCUT2D eigenvalue weighted by molar-refractivity contribution is 5.89. The molecule has 0 fully saturated rings. The molecule has 0 saturated carbocycles. The van der Waals surface area contributed by atoms with Crippen LogP contribution >= 0.6 is 0 Å². The molecule has 6 N–H and O–H groups in total. The number of aliphatic carboxylic acids is 2. The Morgan fingerprint density at radius 3 is 2.18 bits per heavy atom. The second kappa shape index (κ2) is 14.2. The molecule has 2 aromatic carbocycles. The number of carbonyl (C=O) groups is 3. The highest BCUT2D eigenvalue weighted by Gasteiger charge is 2.12. The highest BCUT2D eigenvalue weighted by Crippen LogP contribution is 2.26. The third-order valence-electron chi connectivity index (χ3n) is 4.35. The predicted molar refractivity (Wildman–Crippen MR) is 121 cm³/mol. The molecule has 2 aromatic rings. The number of amides is 1. The van der Waals surface area contributed by atoms with Gasteiger partial charge < -0.3 is 35.8 Å². The van der Waals surface area contributed by atoms with Gasteiger partial charge >= 0.3 is 11.9 Å². The zero-order chi connectivity index (χ0) is 24.8. The first kappa shape index (κ1) is 27.1. The van der Waals surface area contributed by atoms with E-state index in [1.807, 2.05) is 31.2 Å². The summed E-state index contributed by atoms with van der Waals surface area (Å²) in [5.74, 6) is -1.73. The van der Waals surface area contributed by atoms with Gasteiger partial charge in [0.1, 0.15) is 11.5 Å². The Hall–Kier alpha value is -3.89. The summed E-state index contributed by atoms with van der Waals surface area (Å²) in [6.45, 7) is 2.41. The number of aliphatic hydroxyl groups is 1. The Kier molecular flexibility index (Phi) is 11.7. The maximum Gasteiger partial charge on any atom is 0.328 e. The summed E-state index contributed by atoms with van der Waals surface area (Å²) < 4.78 is 5.14. The van der Waals surface area contributed by atoms with Crippen molar-refractivity contribution in [1.29, 1.82) is 0 Å². The molecule has 0 saturated heterocycles. The Balaban J connectivity index is 0.000000582. The number of aromatic hydroxyl groups is 1. The standard InChI is InChI=1S/C19H24N2O4.C4H4O4/c1-13(9-14-3-6-16(25-2)7-4-14)20-11-19(24)15-5-8-18(23)17(10-15)21-12-22;5-3(6)1-2-4(7)8/h3-8,10,12-13,19-20,23-24H,9,11H2,1-2H3,(H,21,22);1-2H,(H,5,6)(H,7,8)/b;2-1-. The van der Waals surface area contributed by atoms with Gasteiger partial charge in [-0.3, -0.25) is 4.79 Å². The van der Waals surface area contributed by atoms with E-state index < -0.39 is 18.0 Å². The molecule has 1 amide bonds. The van der Waals surface area contributed by atoms with E-state index in [-0.39, 0.29) is 17.5 Å². The summed E-state index contributed by atoms with van der Waals surface area (Å²) in [5, 5.41) is 41.3. The second-order valence-electron chi connectivity index (χ2n) is 6.93. The molecule has 10 heteroatoms. The molecule has 2 atom stereocenters. The lowest BCUT2D eigenvalue weighted by atomic mass is 10.1. The zero-order valence-corrected chi connectivity index (χ0v) is 18.3. The van der Waals surface area contributed by atoms with Crippen LogP contribution in [0.25, 0.3) is 0 Å². The summed E-state index contributed by atoms with van der Waals surface area (Å²) in [6, 6.07) is 12.7. The van der Waals surface area contributed by atoms with Gasteiger partial charge in [-0.05, 0) is 48.7 Å². The molecule has 0 aliphatic rings. The van der Waals surface area contributed by atoms with Crippen molar-refractivity contribution in [3.05, 3.63) is 65.7 Å². The summed E-state index contributed by atoms with van der Waals surface area (Å²) in [7, 11) is 1.64. The number of benzene rings is 2. The fourth-order valence-electron chi connectivity index (χ4n) is 2.70. The molecule has 0 spiro atoms. The summed E-state index contributed by atoms with van der Waals surface area (Å²) in [5.41, 5.74) is 2.07. The normalized spacial score (nSPS) is 12.2. The number of rotatable bonds is 11. The number of methoxy groups -OCH3 is 1. The van der Waals surface area contributed by atoms with E-state index in [0.717, 1.165) is 12.2 Å². The van der Waals surface area contributed by atoms with Crippen LogP contribution in [0.2, 0.25) is 0 Å². The lowest BCUT2D eigenvalue weighted by Crippen LogP contribution is -2.32. The van der Waals surface area contributed by atoms with Crippen LogP contribution in [0, 0.1) is 0 Å². The second-order valence-corrected chi connectivity index (χ2v) is 6.93. The van der Waals surface area contributed by atoms with E-state index in [9.17, 15) is 24.6 Å². The number of carboxylic acid groups (broad SMARTS) is 2. The van der Waals surface area contributed by atoms with Gasteiger partial charge in [-0.2, -0.15) is 0 Å². The average molecular weight is 460 g/mol. The van der Waals surface area contributed by atoms with Crippen LogP contribution in [-0.2, 0) is 20.8 Å². The molecule has 0 bridgehead atoms. The topological polar surface area (TPSA) is 165 Å². The predicted octanol–water partition coefficient (Wildman–Crippen LogP) is 1.94. The van der Waals surface area contributed by atoms with Gasteiger partial charge in [-0.25, -0.2) is 9.59 Å². The molecule has 0 aromatic heterocycles. The van der Waals surface area contributed by atoms with Crippen molar-refractivity contribution >= 4 is 24.0 Å². The monoisotopic (exact) mass is 460 g/mol. The Morgan fingerprint density at radius 1 is 1.06 bits per heavy atom. The molecule has 2 rings (SSSR count). The van der Waals surface area contributed by atoms with Crippen molar-refractivity contribution in [3.8, 4) is 11.5 Å². The Morgan fingerprint density at radius 2 is 1.67 bits per heavy atom. The number of ether oxygens (including phenoxy) is 1. The number of anilines is 1. The van der Waals surface area contributed by atoms with Crippen LogP contribution in [0.3, 0.4) is 0 Å². The minimum Gasteiger partial charge on any atom is -0.506 e. The van der Waals surface area contributed by atoms with Gasteiger partial charge in [0, 0.05) is 24.7 Å². The van der Waals surface area contributed by atoms with Gasteiger partial charge in [0.25, 0.3) is 0 Å². The largest absolute Gasteiger partial charge is 0.506 e. The SMILES string of the molecule is COc1ccc(CC(C)NCC(O)c2ccc(O)c(NC=O)c2)cc1.O=C(O)/C=C\C(=O)O. The highest BCUT2D eigenvalue weighted by atomic mass is 16.5. The molecule has 33 heavy (non-hydrogen) atoms. The maximum absolute atomic E-state index is 10.5. The van der Waals surface area contributed by atoms with Gasteiger partial charge in [-0.1, -0.05) is 18.2 Å². The number of phenolic OH excluding ortho intramolecular Hbond substituents is 1. The van der Waals surface area contributed by atoms with E-state index >= 15 is 0 Å². The number of nitrogens with one attached hydrogen (secondary N) is 2. The van der Waals surface area contributed by atoms with Crippen molar-refractivity contribution in [2.24, 2.45) is 0 Å². The van der Waals surface area contributed by atoms with E-state index in [4.69, 9.17) is 14.9 Å². The molecule has 0 radical (unpaired) electrons. The third-order valence-corrected chi connectivity index (χ3v) is 4.35. The van der Waals surface area contributed by atoms with Gasteiger partial charge in [0.15, 0.2) is 0 Å². The first-order chi connectivity index (χ1) is 15.7. The van der Waals surface area contributed by atoms with Crippen LogP contribution in [-0.4, -0.2) is 58.5 Å². The van der Waals surface area contributed by atoms with E-state index in [0.29, 0.717) is 30.7 Å². The smallest absolute Gasteiger partial charge is 0.328 e. The fourth-order valence-corrected chi connectivity index (χ4v) is 2.70. The molecular formula is C23H28N2O8.